The molecule has 0 amide bonds. The lowest BCUT2D eigenvalue weighted by molar-refractivity contribution is 0.145. The Morgan fingerprint density at radius 3 is 2.30 bits per heavy atom. The van der Waals surface area contributed by atoms with Gasteiger partial charge in [0, 0.05) is 5.56 Å². The summed E-state index contributed by atoms with van der Waals surface area (Å²) in [5.74, 6) is -1.61. The van der Waals surface area contributed by atoms with E-state index in [1.807, 2.05) is 0 Å². The van der Waals surface area contributed by atoms with Gasteiger partial charge in [0.15, 0.2) is 0 Å². The SMILES string of the molecule is Cc1cc(-n2nc(C(F)F)cc2-c2ccc(S(N)(=O)=O)c(F)c2)ccc1F. The molecule has 1 aromatic heterocycles. The number of primary sulfonamides is 1. The molecule has 0 aliphatic carbocycles. The van der Waals surface area contributed by atoms with Crippen molar-refractivity contribution in [2.24, 2.45) is 5.14 Å². The number of aromatic nitrogens is 2. The zero-order valence-electron chi connectivity index (χ0n) is 13.8. The maximum absolute atomic E-state index is 14.2. The summed E-state index contributed by atoms with van der Waals surface area (Å²) < 4.78 is 77.7. The summed E-state index contributed by atoms with van der Waals surface area (Å²) >= 11 is 0. The molecule has 0 unspecified atom stereocenters. The number of rotatable bonds is 4. The largest absolute Gasteiger partial charge is 0.282 e. The third kappa shape index (κ3) is 3.71. The number of aryl methyl sites for hydroxylation is 1. The van der Waals surface area contributed by atoms with Crippen molar-refractivity contribution >= 4 is 10.0 Å². The molecule has 0 fully saturated rings. The summed E-state index contributed by atoms with van der Waals surface area (Å²) in [7, 11) is -4.27. The Morgan fingerprint density at radius 2 is 1.74 bits per heavy atom. The molecule has 3 aromatic rings. The van der Waals surface area contributed by atoms with Crippen LogP contribution in [0, 0.1) is 18.6 Å². The molecule has 142 valence electrons. The number of hydrogen-bond acceptors (Lipinski definition) is 3. The Balaban J connectivity index is 2.20. The minimum atomic E-state index is -4.27. The van der Waals surface area contributed by atoms with Gasteiger partial charge >= 0.3 is 0 Å². The second-order valence-electron chi connectivity index (χ2n) is 5.79. The quantitative estimate of drug-likeness (QED) is 0.680. The minimum absolute atomic E-state index is 0.0798. The van der Waals surface area contributed by atoms with Gasteiger partial charge < -0.3 is 0 Å². The van der Waals surface area contributed by atoms with Crippen LogP contribution in [0.5, 0.6) is 0 Å². The summed E-state index contributed by atoms with van der Waals surface area (Å²) in [6, 6.07) is 7.97. The molecule has 0 aliphatic heterocycles. The Kier molecular flexibility index (Phi) is 4.79. The number of nitrogens with two attached hydrogens (primary N) is 1. The van der Waals surface area contributed by atoms with Crippen LogP contribution in [0.2, 0.25) is 0 Å². The molecule has 10 heteroatoms. The van der Waals surface area contributed by atoms with Crippen LogP contribution in [0.25, 0.3) is 16.9 Å². The zero-order chi connectivity index (χ0) is 19.9. The molecule has 2 aromatic carbocycles. The van der Waals surface area contributed by atoms with Crippen molar-refractivity contribution in [1.82, 2.24) is 9.78 Å². The van der Waals surface area contributed by atoms with Crippen LogP contribution in [0.3, 0.4) is 0 Å². The minimum Gasteiger partial charge on any atom is -0.233 e. The first-order valence-electron chi connectivity index (χ1n) is 7.55. The molecular formula is C17H13F4N3O2S. The predicted octanol–water partition coefficient (Wildman–Crippen LogP) is 3.71. The molecular weight excluding hydrogens is 386 g/mol. The normalized spacial score (nSPS) is 12.0. The highest BCUT2D eigenvalue weighted by molar-refractivity contribution is 7.89. The van der Waals surface area contributed by atoms with Crippen molar-refractivity contribution in [3.05, 3.63) is 65.4 Å². The molecule has 3 rings (SSSR count). The van der Waals surface area contributed by atoms with Crippen molar-refractivity contribution in [3.63, 3.8) is 0 Å². The van der Waals surface area contributed by atoms with Crippen molar-refractivity contribution in [1.29, 1.82) is 0 Å². The van der Waals surface area contributed by atoms with Crippen LogP contribution in [0.15, 0.2) is 47.4 Å². The molecule has 0 saturated heterocycles. The summed E-state index contributed by atoms with van der Waals surface area (Å²) in [6.07, 6.45) is -2.89. The van der Waals surface area contributed by atoms with E-state index < -0.39 is 38.7 Å². The fraction of sp³-hybridized carbons (Fsp3) is 0.118. The molecule has 0 bridgehead atoms. The monoisotopic (exact) mass is 399 g/mol. The number of nitrogens with zero attached hydrogens (tertiary/aromatic N) is 2. The Labute approximate surface area is 152 Å². The Morgan fingerprint density at radius 1 is 1.04 bits per heavy atom. The van der Waals surface area contributed by atoms with Gasteiger partial charge in [0.05, 0.1) is 11.4 Å². The zero-order valence-corrected chi connectivity index (χ0v) is 14.6. The summed E-state index contributed by atoms with van der Waals surface area (Å²) in [5, 5.41) is 8.73. The van der Waals surface area contributed by atoms with E-state index in [1.54, 1.807) is 0 Å². The molecule has 0 spiro atoms. The fourth-order valence-corrected chi connectivity index (χ4v) is 3.15. The van der Waals surface area contributed by atoms with Gasteiger partial charge in [-0.1, -0.05) is 6.07 Å². The molecule has 0 saturated carbocycles. The first kappa shape index (κ1) is 19.1. The average molecular weight is 399 g/mol. The van der Waals surface area contributed by atoms with Gasteiger partial charge in [-0.3, -0.25) is 0 Å². The van der Waals surface area contributed by atoms with Gasteiger partial charge in [0.2, 0.25) is 10.0 Å². The smallest absolute Gasteiger partial charge is 0.233 e. The third-order valence-corrected chi connectivity index (χ3v) is 4.82. The fourth-order valence-electron chi connectivity index (χ4n) is 2.56. The van der Waals surface area contributed by atoms with Crippen LogP contribution in [-0.4, -0.2) is 18.2 Å². The maximum atomic E-state index is 14.2. The Bertz CT molecular complexity index is 1130. The van der Waals surface area contributed by atoms with E-state index in [0.29, 0.717) is 0 Å². The van der Waals surface area contributed by atoms with Gasteiger partial charge in [-0.05, 0) is 48.9 Å². The van der Waals surface area contributed by atoms with E-state index in [-0.39, 0.29) is 22.5 Å². The van der Waals surface area contributed by atoms with Crippen molar-refractivity contribution in [3.8, 4) is 16.9 Å². The highest BCUT2D eigenvalue weighted by atomic mass is 32.2. The third-order valence-electron chi connectivity index (χ3n) is 3.87. The topological polar surface area (TPSA) is 78.0 Å². The van der Waals surface area contributed by atoms with Crippen molar-refractivity contribution in [2.75, 3.05) is 0 Å². The molecule has 2 N–H and O–H groups in total. The van der Waals surface area contributed by atoms with Gasteiger partial charge in [-0.2, -0.15) is 5.10 Å². The molecule has 0 radical (unpaired) electrons. The first-order valence-corrected chi connectivity index (χ1v) is 9.10. The molecule has 0 aliphatic rings. The number of benzene rings is 2. The van der Waals surface area contributed by atoms with Crippen LogP contribution in [-0.2, 0) is 10.0 Å². The van der Waals surface area contributed by atoms with Crippen LogP contribution in [0.4, 0.5) is 17.6 Å². The average Bonchev–Trinajstić information content (AvgIpc) is 3.01. The molecule has 5 nitrogen and oxygen atoms in total. The Hall–Kier alpha value is -2.72. The van der Waals surface area contributed by atoms with Gasteiger partial charge in [-0.25, -0.2) is 35.8 Å². The molecule has 27 heavy (non-hydrogen) atoms. The highest BCUT2D eigenvalue weighted by Gasteiger charge is 2.21. The number of sulfonamides is 1. The van der Waals surface area contributed by atoms with Gasteiger partial charge in [0.1, 0.15) is 22.2 Å². The number of halogens is 4. The lowest BCUT2D eigenvalue weighted by Crippen LogP contribution is -2.14. The maximum Gasteiger partial charge on any atom is 0.282 e. The summed E-state index contributed by atoms with van der Waals surface area (Å²) in [4.78, 5) is -0.718. The van der Waals surface area contributed by atoms with Crippen LogP contribution in [0.1, 0.15) is 17.7 Å². The van der Waals surface area contributed by atoms with E-state index in [2.05, 4.69) is 5.10 Å². The summed E-state index contributed by atoms with van der Waals surface area (Å²) in [5.41, 5.74) is 0.162. The second-order valence-corrected chi connectivity index (χ2v) is 7.32. The van der Waals surface area contributed by atoms with Gasteiger partial charge in [-0.15, -0.1) is 0 Å². The first-order chi connectivity index (χ1) is 12.6. The second kappa shape index (κ2) is 6.78. The van der Waals surface area contributed by atoms with E-state index >= 15 is 0 Å². The van der Waals surface area contributed by atoms with E-state index in [4.69, 9.17) is 5.14 Å². The molecule has 1 heterocycles. The van der Waals surface area contributed by atoms with E-state index in [9.17, 15) is 26.0 Å². The number of alkyl halides is 2. The summed E-state index contributed by atoms with van der Waals surface area (Å²) in [6.45, 7) is 1.50. The van der Waals surface area contributed by atoms with Crippen LogP contribution >= 0.6 is 0 Å². The lowest BCUT2D eigenvalue weighted by Gasteiger charge is -2.10. The number of hydrogen-bond donors (Lipinski definition) is 1. The highest BCUT2D eigenvalue weighted by Crippen LogP contribution is 2.30. The lowest BCUT2D eigenvalue weighted by atomic mass is 10.1. The van der Waals surface area contributed by atoms with E-state index in [0.717, 1.165) is 28.9 Å². The molecule has 0 atom stereocenters. The van der Waals surface area contributed by atoms with Gasteiger partial charge in [0.25, 0.3) is 6.43 Å². The van der Waals surface area contributed by atoms with Crippen molar-refractivity contribution < 1.29 is 26.0 Å². The van der Waals surface area contributed by atoms with Crippen molar-refractivity contribution in [2.45, 2.75) is 18.2 Å². The van der Waals surface area contributed by atoms with E-state index in [1.165, 1.54) is 25.1 Å². The van der Waals surface area contributed by atoms with Crippen LogP contribution < -0.4 is 5.14 Å². The predicted molar refractivity (Wildman–Crippen MR) is 90.0 cm³/mol. The standard InChI is InChI=1S/C17H13F4N3O2S/c1-9-6-11(3-4-12(9)18)24-15(8-14(23-24)17(20)21)10-2-5-16(13(19)7-10)27(22,25)26/h2-8,17H,1H3,(H2,22,25,26).